The molecule has 1 aromatic rings. The lowest BCUT2D eigenvalue weighted by atomic mass is 10.3. The van der Waals surface area contributed by atoms with Gasteiger partial charge in [-0.15, -0.1) is 10.6 Å². The Morgan fingerprint density at radius 2 is 1.91 bits per heavy atom. The van der Waals surface area contributed by atoms with Crippen molar-refractivity contribution in [1.29, 1.82) is 0 Å². The lowest BCUT2D eigenvalue weighted by molar-refractivity contribution is 0.498. The minimum Gasteiger partial charge on any atom is -0.361 e. The highest BCUT2D eigenvalue weighted by molar-refractivity contribution is 8.26. The van der Waals surface area contributed by atoms with Gasteiger partial charge in [-0.05, 0) is 12.1 Å². The maximum atomic E-state index is 9.37. The van der Waals surface area contributed by atoms with E-state index in [0.29, 0.717) is 4.90 Å². The summed E-state index contributed by atoms with van der Waals surface area (Å²) in [7, 11) is -2.64. The van der Waals surface area contributed by atoms with Crippen LogP contribution in [0.4, 0.5) is 5.69 Å². The first-order valence-electron chi connectivity index (χ1n) is 3.17. The van der Waals surface area contributed by atoms with Crippen molar-refractivity contribution in [3.63, 3.8) is 0 Å². The maximum Gasteiger partial charge on any atom is 0.161 e. The molecule has 0 spiro atoms. The van der Waals surface area contributed by atoms with E-state index >= 15 is 0 Å². The zero-order valence-corrected chi connectivity index (χ0v) is 6.51. The number of anilines is 1. The number of nitrogens with one attached hydrogen (secondary N) is 1. The lowest BCUT2D eigenvalue weighted by Crippen LogP contribution is -1.93. The molecule has 0 saturated heterocycles. The number of rotatable bonds is 0. The molecular weight excluding hydrogens is 162 g/mol. The Hall–Kier alpha value is -0.710. The van der Waals surface area contributed by atoms with Crippen molar-refractivity contribution in [2.24, 2.45) is 0 Å². The Balaban J connectivity index is 2.56. The number of hydrogen-bond acceptors (Lipinski definition) is 3. The van der Waals surface area contributed by atoms with Crippen LogP contribution in [0.15, 0.2) is 29.2 Å². The predicted octanol–water partition coefficient (Wildman–Crippen LogP) is 2.34. The third kappa shape index (κ3) is 0.994. The summed E-state index contributed by atoms with van der Waals surface area (Å²) in [5.41, 5.74) is 0.785. The van der Waals surface area contributed by atoms with Crippen LogP contribution in [0.5, 0.6) is 0 Å². The van der Waals surface area contributed by atoms with Crippen molar-refractivity contribution >= 4 is 16.3 Å². The first-order chi connectivity index (χ1) is 5.20. The van der Waals surface area contributed by atoms with Crippen molar-refractivity contribution in [3.05, 3.63) is 30.1 Å². The third-order valence-electron chi connectivity index (χ3n) is 1.59. The molecule has 3 N–H and O–H groups in total. The van der Waals surface area contributed by atoms with Crippen LogP contribution < -0.4 is 5.32 Å². The maximum absolute atomic E-state index is 9.37. The summed E-state index contributed by atoms with van der Waals surface area (Å²) in [4.78, 5) is 0.583. The highest BCUT2D eigenvalue weighted by Gasteiger charge is 2.25. The van der Waals surface area contributed by atoms with Gasteiger partial charge < -0.3 is 5.32 Å². The van der Waals surface area contributed by atoms with E-state index in [1.54, 1.807) is 12.1 Å². The molecular formula is C7H8NO2S. The van der Waals surface area contributed by atoms with E-state index in [1.807, 2.05) is 12.1 Å². The second-order valence-corrected chi connectivity index (χ2v) is 4.21. The Labute approximate surface area is 66.4 Å². The fourth-order valence-corrected chi connectivity index (χ4v) is 2.20. The summed E-state index contributed by atoms with van der Waals surface area (Å²) < 4.78 is 18.7. The molecule has 1 heterocycles. The standard InChI is InChI=1S/C7H8NO2S/c9-11(10)5-8-6-3-1-2-4-7(6)11/h1-5,8-10H. The predicted molar refractivity (Wildman–Crippen MR) is 45.5 cm³/mol. The van der Waals surface area contributed by atoms with Crippen LogP contribution in [0.25, 0.3) is 0 Å². The summed E-state index contributed by atoms with van der Waals surface area (Å²) >= 11 is 0. The molecule has 1 aromatic carbocycles. The molecule has 0 amide bonds. The number of benzene rings is 1. The summed E-state index contributed by atoms with van der Waals surface area (Å²) in [5, 5.41) is 2.80. The minimum atomic E-state index is -2.64. The fourth-order valence-electron chi connectivity index (χ4n) is 1.06. The van der Waals surface area contributed by atoms with E-state index in [1.165, 1.54) is 5.88 Å². The van der Waals surface area contributed by atoms with Crippen LogP contribution in [-0.4, -0.2) is 9.11 Å². The lowest BCUT2D eigenvalue weighted by Gasteiger charge is -2.24. The van der Waals surface area contributed by atoms with Gasteiger partial charge in [0.15, 0.2) is 5.88 Å². The first kappa shape index (κ1) is 6.97. The van der Waals surface area contributed by atoms with Gasteiger partial charge in [0.25, 0.3) is 0 Å². The Morgan fingerprint density at radius 1 is 1.18 bits per heavy atom. The quantitative estimate of drug-likeness (QED) is 0.560. The van der Waals surface area contributed by atoms with E-state index in [4.69, 9.17) is 0 Å². The molecule has 11 heavy (non-hydrogen) atoms. The average Bonchev–Trinajstić information content (AvgIpc) is 2.29. The number of fused-ring (bicyclic) bond motifs is 1. The van der Waals surface area contributed by atoms with E-state index in [0.717, 1.165) is 5.69 Å². The molecule has 1 aliphatic heterocycles. The number of para-hydroxylation sites is 1. The molecule has 0 unspecified atom stereocenters. The van der Waals surface area contributed by atoms with Crippen molar-refractivity contribution in [3.8, 4) is 0 Å². The van der Waals surface area contributed by atoms with Gasteiger partial charge in [-0.3, -0.25) is 9.11 Å². The van der Waals surface area contributed by atoms with E-state index in [-0.39, 0.29) is 0 Å². The summed E-state index contributed by atoms with van der Waals surface area (Å²) in [6.07, 6.45) is 0. The zero-order valence-electron chi connectivity index (χ0n) is 5.69. The van der Waals surface area contributed by atoms with Crippen LogP contribution in [-0.2, 0) is 0 Å². The van der Waals surface area contributed by atoms with E-state index in [9.17, 15) is 9.11 Å². The molecule has 0 bridgehead atoms. The number of hydrogen-bond donors (Lipinski definition) is 3. The van der Waals surface area contributed by atoms with Crippen molar-refractivity contribution < 1.29 is 9.11 Å². The van der Waals surface area contributed by atoms with E-state index in [2.05, 4.69) is 5.32 Å². The fraction of sp³-hybridized carbons (Fsp3) is 0. The summed E-state index contributed by atoms with van der Waals surface area (Å²) in [6, 6.07) is 7.16. The minimum absolute atomic E-state index is 0.583. The first-order valence-corrected chi connectivity index (χ1v) is 4.78. The van der Waals surface area contributed by atoms with Gasteiger partial charge in [0.05, 0.1) is 10.6 Å². The normalized spacial score (nSPS) is 22.0. The Bertz CT molecular complexity index is 288. The summed E-state index contributed by atoms with van der Waals surface area (Å²) in [5.74, 6) is 1.33. The van der Waals surface area contributed by atoms with Crippen LogP contribution in [0.1, 0.15) is 0 Å². The monoisotopic (exact) mass is 170 g/mol. The molecule has 0 saturated carbocycles. The molecule has 2 rings (SSSR count). The van der Waals surface area contributed by atoms with Crippen molar-refractivity contribution in [2.45, 2.75) is 4.90 Å². The molecule has 4 heteroatoms. The van der Waals surface area contributed by atoms with Crippen LogP contribution in [0.2, 0.25) is 0 Å². The molecule has 0 aromatic heterocycles. The van der Waals surface area contributed by atoms with E-state index < -0.39 is 10.6 Å². The van der Waals surface area contributed by atoms with Crippen molar-refractivity contribution in [1.82, 2.24) is 0 Å². The largest absolute Gasteiger partial charge is 0.361 e. The van der Waals surface area contributed by atoms with Gasteiger partial charge in [-0.1, -0.05) is 12.1 Å². The van der Waals surface area contributed by atoms with Gasteiger partial charge in [-0.25, -0.2) is 0 Å². The smallest absolute Gasteiger partial charge is 0.161 e. The van der Waals surface area contributed by atoms with Crippen LogP contribution in [0, 0.1) is 5.88 Å². The highest BCUT2D eigenvalue weighted by atomic mass is 32.3. The van der Waals surface area contributed by atoms with Gasteiger partial charge in [0, 0.05) is 0 Å². The molecule has 0 aliphatic carbocycles. The molecule has 3 nitrogen and oxygen atoms in total. The topological polar surface area (TPSA) is 52.5 Å². The van der Waals surface area contributed by atoms with Crippen molar-refractivity contribution in [2.75, 3.05) is 5.32 Å². The Morgan fingerprint density at radius 3 is 2.64 bits per heavy atom. The zero-order chi connectivity index (χ0) is 7.90. The molecule has 1 radical (unpaired) electrons. The van der Waals surface area contributed by atoms with Gasteiger partial charge in [-0.2, -0.15) is 0 Å². The average molecular weight is 170 g/mol. The van der Waals surface area contributed by atoms with Crippen LogP contribution in [0.3, 0.4) is 0 Å². The molecule has 0 fully saturated rings. The second kappa shape index (κ2) is 2.14. The SMILES string of the molecule is OS1(O)[CH]Nc2ccccc21. The third-order valence-corrected chi connectivity index (χ3v) is 3.04. The van der Waals surface area contributed by atoms with Crippen LogP contribution >= 0.6 is 10.6 Å². The Kier molecular flexibility index (Phi) is 1.35. The molecule has 0 atom stereocenters. The highest BCUT2D eigenvalue weighted by Crippen LogP contribution is 2.58. The van der Waals surface area contributed by atoms with Gasteiger partial charge in [0.2, 0.25) is 0 Å². The summed E-state index contributed by atoms with van der Waals surface area (Å²) in [6.45, 7) is 0. The van der Waals surface area contributed by atoms with Gasteiger partial charge in [0.1, 0.15) is 0 Å². The van der Waals surface area contributed by atoms with Gasteiger partial charge >= 0.3 is 0 Å². The molecule has 1 aliphatic rings. The molecule has 59 valence electrons. The second-order valence-electron chi connectivity index (χ2n) is 2.35.